The van der Waals surface area contributed by atoms with E-state index in [2.05, 4.69) is 11.4 Å². The first-order chi connectivity index (χ1) is 11.6. The van der Waals surface area contributed by atoms with Crippen molar-refractivity contribution in [3.63, 3.8) is 0 Å². The summed E-state index contributed by atoms with van der Waals surface area (Å²) in [7, 11) is -3.47. The van der Waals surface area contributed by atoms with E-state index in [-0.39, 0.29) is 16.7 Å². The zero-order valence-corrected chi connectivity index (χ0v) is 14.6. The van der Waals surface area contributed by atoms with E-state index in [1.165, 1.54) is 0 Å². The van der Waals surface area contributed by atoms with Gasteiger partial charge in [0, 0.05) is 24.7 Å². The Bertz CT molecular complexity index is 722. The third-order valence-corrected chi connectivity index (χ3v) is 6.59. The van der Waals surface area contributed by atoms with Gasteiger partial charge in [0.1, 0.15) is 0 Å². The monoisotopic (exact) mass is 348 g/mol. The summed E-state index contributed by atoms with van der Waals surface area (Å²) in [5, 5.41) is 2.87. The second-order valence-electron chi connectivity index (χ2n) is 6.46. The van der Waals surface area contributed by atoms with E-state index in [4.69, 9.17) is 0 Å². The molecule has 6 heteroatoms. The van der Waals surface area contributed by atoms with Crippen LogP contribution in [0.3, 0.4) is 0 Å². The van der Waals surface area contributed by atoms with Crippen LogP contribution < -0.4 is 5.32 Å². The summed E-state index contributed by atoms with van der Waals surface area (Å²) < 4.78 is 27.0. The molecule has 1 aromatic rings. The van der Waals surface area contributed by atoms with Crippen LogP contribution in [0.4, 0.5) is 5.69 Å². The van der Waals surface area contributed by atoms with Crippen molar-refractivity contribution in [1.29, 1.82) is 0 Å². The highest BCUT2D eigenvalue weighted by molar-refractivity contribution is 7.89. The van der Waals surface area contributed by atoms with Gasteiger partial charge >= 0.3 is 0 Å². The highest BCUT2D eigenvalue weighted by Gasteiger charge is 2.26. The van der Waals surface area contributed by atoms with E-state index in [0.717, 1.165) is 38.5 Å². The van der Waals surface area contributed by atoms with Crippen LogP contribution in [0.1, 0.15) is 38.5 Å². The number of hydrogen-bond acceptors (Lipinski definition) is 3. The fraction of sp³-hybridized carbons (Fsp3) is 0.500. The summed E-state index contributed by atoms with van der Waals surface area (Å²) in [6.07, 6.45) is 9.53. The normalized spacial score (nSPS) is 22.2. The van der Waals surface area contributed by atoms with Gasteiger partial charge in [-0.1, -0.05) is 24.6 Å². The summed E-state index contributed by atoms with van der Waals surface area (Å²) in [5.74, 6) is -0.0655. The first-order valence-corrected chi connectivity index (χ1v) is 10.1. The standard InChI is InChI=1S/C18H24N2O3S/c21-18(15-8-3-1-4-9-15)19-16-10-7-11-17(14-16)24(22,23)20-12-5-2-6-13-20/h1,3,7,10-11,14-15H,2,4-6,8-9,12-13H2,(H,19,21)/t15-/m1/s1. The molecule has 5 nitrogen and oxygen atoms in total. The number of piperidine rings is 1. The van der Waals surface area contributed by atoms with Crippen molar-refractivity contribution in [3.05, 3.63) is 36.4 Å². The molecule has 24 heavy (non-hydrogen) atoms. The second-order valence-corrected chi connectivity index (χ2v) is 8.40. The number of sulfonamides is 1. The molecular weight excluding hydrogens is 324 g/mol. The Balaban J connectivity index is 1.73. The molecule has 1 amide bonds. The van der Waals surface area contributed by atoms with Gasteiger partial charge in [-0.3, -0.25) is 4.79 Å². The number of allylic oxidation sites excluding steroid dienone is 2. The molecule has 0 radical (unpaired) electrons. The van der Waals surface area contributed by atoms with Gasteiger partial charge in [0.25, 0.3) is 0 Å². The number of anilines is 1. The van der Waals surface area contributed by atoms with Crippen molar-refractivity contribution < 1.29 is 13.2 Å². The summed E-state index contributed by atoms with van der Waals surface area (Å²) in [6, 6.07) is 6.60. The molecule has 1 fully saturated rings. The molecular formula is C18H24N2O3S. The molecule has 1 aromatic carbocycles. The molecule has 2 aliphatic rings. The number of carbonyl (C=O) groups is 1. The maximum atomic E-state index is 12.7. The SMILES string of the molecule is O=C(Nc1cccc(S(=O)(=O)N2CCCCC2)c1)[C@@H]1CC=CCC1. The van der Waals surface area contributed by atoms with Crippen molar-refractivity contribution in [1.82, 2.24) is 4.31 Å². The first kappa shape index (κ1) is 17.2. The van der Waals surface area contributed by atoms with E-state index in [0.29, 0.717) is 18.8 Å². The second kappa shape index (κ2) is 7.49. The van der Waals surface area contributed by atoms with Crippen molar-refractivity contribution in [3.8, 4) is 0 Å². The highest BCUT2D eigenvalue weighted by Crippen LogP contribution is 2.24. The number of nitrogens with one attached hydrogen (secondary N) is 1. The van der Waals surface area contributed by atoms with Gasteiger partial charge in [0.2, 0.25) is 15.9 Å². The molecule has 3 rings (SSSR count). The van der Waals surface area contributed by atoms with Gasteiger partial charge < -0.3 is 5.32 Å². The van der Waals surface area contributed by atoms with E-state index in [1.807, 2.05) is 6.08 Å². The lowest BCUT2D eigenvalue weighted by molar-refractivity contribution is -0.120. The fourth-order valence-corrected chi connectivity index (χ4v) is 4.83. The predicted molar refractivity (Wildman–Crippen MR) is 94.2 cm³/mol. The first-order valence-electron chi connectivity index (χ1n) is 8.63. The zero-order valence-electron chi connectivity index (χ0n) is 13.8. The molecule has 1 atom stereocenters. The average molecular weight is 348 g/mol. The largest absolute Gasteiger partial charge is 0.326 e. The highest BCUT2D eigenvalue weighted by atomic mass is 32.2. The molecule has 0 bridgehead atoms. The summed E-state index contributed by atoms with van der Waals surface area (Å²) in [6.45, 7) is 1.15. The molecule has 1 heterocycles. The molecule has 1 saturated heterocycles. The number of carbonyl (C=O) groups excluding carboxylic acids is 1. The third kappa shape index (κ3) is 3.87. The number of rotatable bonds is 4. The number of amides is 1. The maximum Gasteiger partial charge on any atom is 0.243 e. The molecule has 0 unspecified atom stereocenters. The smallest absolute Gasteiger partial charge is 0.243 e. The van der Waals surface area contributed by atoms with Crippen molar-refractivity contribution in [2.45, 2.75) is 43.4 Å². The molecule has 130 valence electrons. The number of benzene rings is 1. The van der Waals surface area contributed by atoms with Crippen molar-refractivity contribution >= 4 is 21.6 Å². The van der Waals surface area contributed by atoms with E-state index >= 15 is 0 Å². The summed E-state index contributed by atoms with van der Waals surface area (Å²) >= 11 is 0. The van der Waals surface area contributed by atoms with Gasteiger partial charge in [-0.15, -0.1) is 0 Å². The number of nitrogens with zero attached hydrogens (tertiary/aromatic N) is 1. The Kier molecular flexibility index (Phi) is 5.36. The topological polar surface area (TPSA) is 66.5 Å². The van der Waals surface area contributed by atoms with Crippen LogP contribution in [-0.4, -0.2) is 31.7 Å². The van der Waals surface area contributed by atoms with Gasteiger partial charge in [0.15, 0.2) is 0 Å². The molecule has 1 aliphatic carbocycles. The van der Waals surface area contributed by atoms with Crippen LogP contribution in [0.15, 0.2) is 41.3 Å². The van der Waals surface area contributed by atoms with E-state index in [9.17, 15) is 13.2 Å². The van der Waals surface area contributed by atoms with E-state index < -0.39 is 10.0 Å². The minimum Gasteiger partial charge on any atom is -0.326 e. The minimum absolute atomic E-state index is 0.0302. The minimum atomic E-state index is -3.47. The Morgan fingerprint density at radius 3 is 2.62 bits per heavy atom. The average Bonchev–Trinajstić information content (AvgIpc) is 2.63. The Morgan fingerprint density at radius 1 is 1.12 bits per heavy atom. The fourth-order valence-electron chi connectivity index (χ4n) is 3.26. The van der Waals surface area contributed by atoms with Crippen LogP contribution in [0, 0.1) is 5.92 Å². The van der Waals surface area contributed by atoms with Crippen LogP contribution in [-0.2, 0) is 14.8 Å². The predicted octanol–water partition coefficient (Wildman–Crippen LogP) is 3.16. The Morgan fingerprint density at radius 2 is 1.92 bits per heavy atom. The lowest BCUT2D eigenvalue weighted by atomic mass is 9.93. The van der Waals surface area contributed by atoms with Crippen molar-refractivity contribution in [2.24, 2.45) is 5.92 Å². The van der Waals surface area contributed by atoms with Gasteiger partial charge in [-0.25, -0.2) is 8.42 Å². The Hall–Kier alpha value is -1.66. The van der Waals surface area contributed by atoms with Crippen LogP contribution >= 0.6 is 0 Å². The summed E-state index contributed by atoms with van der Waals surface area (Å²) in [5.41, 5.74) is 0.549. The van der Waals surface area contributed by atoms with Gasteiger partial charge in [0.05, 0.1) is 4.90 Å². The van der Waals surface area contributed by atoms with Crippen LogP contribution in [0.5, 0.6) is 0 Å². The Labute approximate surface area is 143 Å². The zero-order chi connectivity index (χ0) is 17.0. The molecule has 0 saturated carbocycles. The molecule has 1 aliphatic heterocycles. The third-order valence-electron chi connectivity index (χ3n) is 4.69. The summed E-state index contributed by atoms with van der Waals surface area (Å²) in [4.78, 5) is 12.6. The van der Waals surface area contributed by atoms with Crippen LogP contribution in [0.25, 0.3) is 0 Å². The molecule has 0 spiro atoms. The molecule has 1 N–H and O–H groups in total. The van der Waals surface area contributed by atoms with Crippen molar-refractivity contribution in [2.75, 3.05) is 18.4 Å². The maximum absolute atomic E-state index is 12.7. The number of hydrogen-bond donors (Lipinski definition) is 1. The lowest BCUT2D eigenvalue weighted by Crippen LogP contribution is -2.35. The van der Waals surface area contributed by atoms with Gasteiger partial charge in [-0.2, -0.15) is 4.31 Å². The van der Waals surface area contributed by atoms with Gasteiger partial charge in [-0.05, 0) is 50.3 Å². The quantitative estimate of drug-likeness (QED) is 0.850. The molecule has 0 aromatic heterocycles. The van der Waals surface area contributed by atoms with Crippen LogP contribution in [0.2, 0.25) is 0 Å². The van der Waals surface area contributed by atoms with E-state index in [1.54, 1.807) is 28.6 Å². The lowest BCUT2D eigenvalue weighted by Gasteiger charge is -2.26.